The van der Waals surface area contributed by atoms with Crippen LogP contribution in [0.3, 0.4) is 0 Å². The maximum absolute atomic E-state index is 9.87. The van der Waals surface area contributed by atoms with Crippen molar-refractivity contribution >= 4 is 50.5 Å². The van der Waals surface area contributed by atoms with Crippen molar-refractivity contribution < 1.29 is 0 Å². The van der Waals surface area contributed by atoms with E-state index in [9.17, 15) is 5.26 Å². The molecule has 5 heteroatoms. The zero-order chi connectivity index (χ0) is 22.9. The second kappa shape index (κ2) is 8.58. The van der Waals surface area contributed by atoms with Crippen LogP contribution in [0.15, 0.2) is 107 Å². The summed E-state index contributed by atoms with van der Waals surface area (Å²) in [6.07, 6.45) is 4.10. The summed E-state index contributed by atoms with van der Waals surface area (Å²) in [5.41, 5.74) is 5.30. The van der Waals surface area contributed by atoms with Crippen LogP contribution in [0.4, 0.5) is 0 Å². The SMILES string of the molecule is N#C/C(=C\c1cn(Cc2cccc3ccccc23)c2ccccc12)Sc1nc2ccccc2[nH]1. The van der Waals surface area contributed by atoms with Crippen molar-refractivity contribution in [3.63, 3.8) is 0 Å². The monoisotopic (exact) mass is 456 g/mol. The molecule has 2 heterocycles. The number of nitriles is 1. The molecule has 0 saturated carbocycles. The van der Waals surface area contributed by atoms with Crippen LogP contribution in [-0.2, 0) is 6.54 Å². The summed E-state index contributed by atoms with van der Waals surface area (Å²) in [6.45, 7) is 0.758. The van der Waals surface area contributed by atoms with Crippen LogP contribution in [0, 0.1) is 11.3 Å². The molecule has 0 radical (unpaired) electrons. The van der Waals surface area contributed by atoms with Gasteiger partial charge in [0.25, 0.3) is 0 Å². The zero-order valence-electron chi connectivity index (χ0n) is 18.3. The third-order valence-corrected chi connectivity index (χ3v) is 6.83. The first-order valence-corrected chi connectivity index (χ1v) is 11.9. The van der Waals surface area contributed by atoms with Crippen LogP contribution in [-0.4, -0.2) is 14.5 Å². The highest BCUT2D eigenvalue weighted by atomic mass is 32.2. The van der Waals surface area contributed by atoms with E-state index < -0.39 is 0 Å². The number of nitrogens with zero attached hydrogens (tertiary/aromatic N) is 3. The molecule has 0 aliphatic rings. The molecule has 0 unspecified atom stereocenters. The normalized spacial score (nSPS) is 11.9. The molecule has 0 bridgehead atoms. The summed E-state index contributed by atoms with van der Waals surface area (Å²) in [5, 5.41) is 14.2. The molecule has 2 aromatic heterocycles. The molecule has 1 N–H and O–H groups in total. The van der Waals surface area contributed by atoms with E-state index in [-0.39, 0.29) is 0 Å². The fourth-order valence-corrected chi connectivity index (χ4v) is 5.19. The number of thioether (sulfide) groups is 1. The van der Waals surface area contributed by atoms with Gasteiger partial charge in [-0.2, -0.15) is 5.26 Å². The highest BCUT2D eigenvalue weighted by molar-refractivity contribution is 8.03. The van der Waals surface area contributed by atoms with E-state index in [1.807, 2.05) is 36.4 Å². The molecule has 34 heavy (non-hydrogen) atoms. The number of aromatic nitrogens is 3. The van der Waals surface area contributed by atoms with Gasteiger partial charge in [-0.3, -0.25) is 0 Å². The Bertz CT molecular complexity index is 1690. The van der Waals surface area contributed by atoms with Crippen LogP contribution in [0.5, 0.6) is 0 Å². The highest BCUT2D eigenvalue weighted by Gasteiger charge is 2.11. The number of aromatic amines is 1. The van der Waals surface area contributed by atoms with E-state index in [0.717, 1.165) is 34.0 Å². The van der Waals surface area contributed by atoms with E-state index in [4.69, 9.17) is 0 Å². The lowest BCUT2D eigenvalue weighted by Crippen LogP contribution is -1.98. The second-order valence-corrected chi connectivity index (χ2v) is 9.18. The molecule has 4 nitrogen and oxygen atoms in total. The van der Waals surface area contributed by atoms with Crippen molar-refractivity contribution in [3.8, 4) is 6.07 Å². The molecular formula is C29H20N4S. The first-order chi connectivity index (χ1) is 16.8. The molecule has 0 amide bonds. The number of H-pyrrole nitrogens is 1. The number of rotatable bonds is 5. The lowest BCUT2D eigenvalue weighted by atomic mass is 10.0. The fourth-order valence-electron chi connectivity index (χ4n) is 4.44. The van der Waals surface area contributed by atoms with Gasteiger partial charge < -0.3 is 9.55 Å². The number of nitrogens with one attached hydrogen (secondary N) is 1. The Balaban J connectivity index is 1.39. The largest absolute Gasteiger partial charge is 0.342 e. The number of fused-ring (bicyclic) bond motifs is 3. The Hall–Kier alpha value is -4.27. The maximum Gasteiger partial charge on any atom is 0.171 e. The second-order valence-electron chi connectivity index (χ2n) is 8.15. The minimum absolute atomic E-state index is 0.590. The van der Waals surface area contributed by atoms with Gasteiger partial charge in [-0.05, 0) is 52.4 Å². The molecule has 162 valence electrons. The summed E-state index contributed by atoms with van der Waals surface area (Å²) in [5.74, 6) is 0. The molecular weight excluding hydrogens is 436 g/mol. The van der Waals surface area contributed by atoms with Crippen LogP contribution in [0.2, 0.25) is 0 Å². The predicted molar refractivity (Wildman–Crippen MR) is 141 cm³/mol. The van der Waals surface area contributed by atoms with Crippen LogP contribution >= 0.6 is 11.8 Å². The molecule has 0 saturated heterocycles. The minimum Gasteiger partial charge on any atom is -0.342 e. The minimum atomic E-state index is 0.590. The van der Waals surface area contributed by atoms with Crippen LogP contribution in [0.25, 0.3) is 38.8 Å². The van der Waals surface area contributed by atoms with E-state index >= 15 is 0 Å². The molecule has 4 aromatic carbocycles. The summed E-state index contributed by atoms with van der Waals surface area (Å²) in [4.78, 5) is 8.49. The lowest BCUT2D eigenvalue weighted by Gasteiger charge is -2.09. The molecule has 6 aromatic rings. The number of para-hydroxylation sites is 3. The Morgan fingerprint density at radius 3 is 2.56 bits per heavy atom. The van der Waals surface area contributed by atoms with Gasteiger partial charge in [0.15, 0.2) is 5.16 Å². The third-order valence-electron chi connectivity index (χ3n) is 6.01. The third kappa shape index (κ3) is 3.75. The maximum atomic E-state index is 9.87. The fraction of sp³-hybridized carbons (Fsp3) is 0.0345. The molecule has 0 atom stereocenters. The van der Waals surface area contributed by atoms with E-state index in [0.29, 0.717) is 10.1 Å². The highest BCUT2D eigenvalue weighted by Crippen LogP contribution is 2.31. The molecule has 0 aliphatic heterocycles. The standard InChI is InChI=1S/C29H20N4S/c30-17-23(34-29-31-26-13-4-5-14-27(26)32-29)16-22-19-33(28-15-6-3-12-25(22)28)18-21-10-7-9-20-8-1-2-11-24(20)21/h1-16,19H,18H2,(H,31,32)/b23-16+. The van der Waals surface area contributed by atoms with Gasteiger partial charge in [-0.1, -0.05) is 72.8 Å². The van der Waals surface area contributed by atoms with Crippen molar-refractivity contribution in [2.45, 2.75) is 11.7 Å². The lowest BCUT2D eigenvalue weighted by molar-refractivity contribution is 0.842. The van der Waals surface area contributed by atoms with Gasteiger partial charge >= 0.3 is 0 Å². The number of hydrogen-bond acceptors (Lipinski definition) is 3. The van der Waals surface area contributed by atoms with E-state index in [2.05, 4.69) is 87.5 Å². The average molecular weight is 457 g/mol. The van der Waals surface area contributed by atoms with Crippen LogP contribution in [0.1, 0.15) is 11.1 Å². The first kappa shape index (κ1) is 20.3. The van der Waals surface area contributed by atoms with Gasteiger partial charge in [0.1, 0.15) is 6.07 Å². The van der Waals surface area contributed by atoms with E-state index in [1.165, 1.54) is 28.1 Å². The number of imidazole rings is 1. The Kier molecular flexibility index (Phi) is 5.14. The zero-order valence-corrected chi connectivity index (χ0v) is 19.1. The smallest absolute Gasteiger partial charge is 0.171 e. The number of benzene rings is 4. The molecule has 0 spiro atoms. The predicted octanol–water partition coefficient (Wildman–Crippen LogP) is 7.38. The van der Waals surface area contributed by atoms with Crippen molar-refractivity contribution in [1.29, 1.82) is 5.26 Å². The molecule has 6 rings (SSSR count). The summed E-state index contributed by atoms with van der Waals surface area (Å²) < 4.78 is 2.27. The summed E-state index contributed by atoms with van der Waals surface area (Å²) >= 11 is 1.36. The van der Waals surface area contributed by atoms with Gasteiger partial charge in [0.05, 0.1) is 15.9 Å². The Labute approximate surface area is 201 Å². The summed E-state index contributed by atoms with van der Waals surface area (Å²) in [6, 6.07) is 33.5. The van der Waals surface area contributed by atoms with E-state index in [1.54, 1.807) is 0 Å². The molecule has 0 aliphatic carbocycles. The van der Waals surface area contributed by atoms with Gasteiger partial charge in [0.2, 0.25) is 0 Å². The Morgan fingerprint density at radius 2 is 1.68 bits per heavy atom. The summed E-state index contributed by atoms with van der Waals surface area (Å²) in [7, 11) is 0. The topological polar surface area (TPSA) is 57.4 Å². The van der Waals surface area contributed by atoms with Crippen molar-refractivity contribution in [2.75, 3.05) is 0 Å². The first-order valence-electron chi connectivity index (χ1n) is 11.1. The number of allylic oxidation sites excluding steroid dienone is 1. The van der Waals surface area contributed by atoms with Gasteiger partial charge in [-0.15, -0.1) is 0 Å². The van der Waals surface area contributed by atoms with Crippen molar-refractivity contribution in [3.05, 3.63) is 113 Å². The van der Waals surface area contributed by atoms with Crippen LogP contribution < -0.4 is 0 Å². The van der Waals surface area contributed by atoms with Gasteiger partial charge in [-0.25, -0.2) is 4.98 Å². The molecule has 0 fully saturated rings. The number of hydrogen-bond donors (Lipinski definition) is 1. The quantitative estimate of drug-likeness (QED) is 0.217. The Morgan fingerprint density at radius 1 is 0.912 bits per heavy atom. The van der Waals surface area contributed by atoms with Crippen molar-refractivity contribution in [1.82, 2.24) is 14.5 Å². The van der Waals surface area contributed by atoms with Crippen molar-refractivity contribution in [2.24, 2.45) is 0 Å². The average Bonchev–Trinajstić information content (AvgIpc) is 3.45. The van der Waals surface area contributed by atoms with Gasteiger partial charge in [0, 0.05) is 29.2 Å².